The lowest BCUT2D eigenvalue weighted by atomic mass is 10.2. The van der Waals surface area contributed by atoms with Gasteiger partial charge in [-0.3, -0.25) is 0 Å². The van der Waals surface area contributed by atoms with Crippen LogP contribution in [0.25, 0.3) is 0 Å². The van der Waals surface area contributed by atoms with Crippen LogP contribution in [0.3, 0.4) is 0 Å². The summed E-state index contributed by atoms with van der Waals surface area (Å²) in [4.78, 5) is 15.7. The molecule has 17 heavy (non-hydrogen) atoms. The van der Waals surface area contributed by atoms with Gasteiger partial charge in [-0.25, -0.2) is 9.78 Å². The zero-order valence-electron chi connectivity index (χ0n) is 8.72. The average molecular weight is 269 g/mol. The van der Waals surface area contributed by atoms with E-state index in [1.165, 1.54) is 17.4 Å². The zero-order chi connectivity index (χ0) is 12.3. The second kappa shape index (κ2) is 5.16. The highest BCUT2D eigenvalue weighted by molar-refractivity contribution is 7.09. The molecule has 0 aliphatic heterocycles. The number of esters is 1. The Morgan fingerprint density at radius 3 is 3.06 bits per heavy atom. The van der Waals surface area contributed by atoms with E-state index in [9.17, 15) is 4.79 Å². The number of rotatable bonds is 3. The first-order valence-corrected chi connectivity index (χ1v) is 6.03. The Balaban J connectivity index is 2.07. The topological polar surface area (TPSA) is 65.2 Å². The van der Waals surface area contributed by atoms with E-state index in [1.54, 1.807) is 18.3 Å². The van der Waals surface area contributed by atoms with Crippen molar-refractivity contribution in [3.05, 3.63) is 45.4 Å². The fourth-order valence-corrected chi connectivity index (χ4v) is 1.95. The SMILES string of the molecule is Nc1ccc(Cl)c(C(=O)OCc2nccs2)c1. The van der Waals surface area contributed by atoms with Crippen molar-refractivity contribution in [2.24, 2.45) is 0 Å². The lowest BCUT2D eigenvalue weighted by Crippen LogP contribution is -2.06. The van der Waals surface area contributed by atoms with E-state index in [1.807, 2.05) is 5.38 Å². The van der Waals surface area contributed by atoms with E-state index in [0.29, 0.717) is 10.7 Å². The molecule has 0 fully saturated rings. The second-order valence-electron chi connectivity index (χ2n) is 3.24. The van der Waals surface area contributed by atoms with Gasteiger partial charge < -0.3 is 10.5 Å². The van der Waals surface area contributed by atoms with Crippen molar-refractivity contribution in [1.82, 2.24) is 4.98 Å². The fraction of sp³-hybridized carbons (Fsp3) is 0.0909. The smallest absolute Gasteiger partial charge is 0.340 e. The van der Waals surface area contributed by atoms with Gasteiger partial charge in [0, 0.05) is 17.3 Å². The highest BCUT2D eigenvalue weighted by Crippen LogP contribution is 2.20. The third-order valence-electron chi connectivity index (χ3n) is 2.02. The van der Waals surface area contributed by atoms with E-state index in [0.717, 1.165) is 5.01 Å². The van der Waals surface area contributed by atoms with Crippen molar-refractivity contribution >= 4 is 34.6 Å². The third kappa shape index (κ3) is 2.95. The number of hydrogen-bond donors (Lipinski definition) is 1. The van der Waals surface area contributed by atoms with Crippen molar-refractivity contribution in [3.8, 4) is 0 Å². The molecular weight excluding hydrogens is 260 g/mol. The van der Waals surface area contributed by atoms with Crippen LogP contribution in [-0.4, -0.2) is 11.0 Å². The Labute approximate surface area is 107 Å². The maximum atomic E-state index is 11.7. The first-order valence-electron chi connectivity index (χ1n) is 4.77. The van der Waals surface area contributed by atoms with Gasteiger partial charge in [-0.2, -0.15) is 0 Å². The number of nitrogens with zero attached hydrogens (tertiary/aromatic N) is 1. The summed E-state index contributed by atoms with van der Waals surface area (Å²) in [6.07, 6.45) is 1.65. The molecule has 1 aromatic heterocycles. The van der Waals surface area contributed by atoms with Gasteiger partial charge in [0.05, 0.1) is 10.6 Å². The number of thiazole rings is 1. The van der Waals surface area contributed by atoms with Gasteiger partial charge in [-0.05, 0) is 18.2 Å². The molecule has 0 bridgehead atoms. The predicted octanol–water partition coefficient (Wildman–Crippen LogP) is 2.74. The monoisotopic (exact) mass is 268 g/mol. The maximum absolute atomic E-state index is 11.7. The Hall–Kier alpha value is -1.59. The minimum Gasteiger partial charge on any atom is -0.455 e. The molecule has 2 aromatic rings. The van der Waals surface area contributed by atoms with Crippen LogP contribution in [0.15, 0.2) is 29.8 Å². The van der Waals surface area contributed by atoms with Crippen LogP contribution in [0.2, 0.25) is 5.02 Å². The van der Waals surface area contributed by atoms with Crippen molar-refractivity contribution in [3.63, 3.8) is 0 Å². The molecule has 0 atom stereocenters. The highest BCUT2D eigenvalue weighted by atomic mass is 35.5. The fourth-order valence-electron chi connectivity index (χ4n) is 1.23. The van der Waals surface area contributed by atoms with Crippen LogP contribution >= 0.6 is 22.9 Å². The van der Waals surface area contributed by atoms with E-state index in [-0.39, 0.29) is 12.2 Å². The summed E-state index contributed by atoms with van der Waals surface area (Å²) in [5.74, 6) is -0.502. The average Bonchev–Trinajstić information content (AvgIpc) is 2.82. The third-order valence-corrected chi connectivity index (χ3v) is 3.10. The van der Waals surface area contributed by atoms with Crippen molar-refractivity contribution < 1.29 is 9.53 Å². The molecule has 6 heteroatoms. The Bertz CT molecular complexity index is 528. The predicted molar refractivity (Wildman–Crippen MR) is 67.1 cm³/mol. The summed E-state index contributed by atoms with van der Waals surface area (Å²) < 4.78 is 5.08. The van der Waals surface area contributed by atoms with Crippen LogP contribution in [0.1, 0.15) is 15.4 Å². The molecular formula is C11H9ClN2O2S. The normalized spacial score (nSPS) is 10.2. The van der Waals surface area contributed by atoms with E-state index >= 15 is 0 Å². The Kier molecular flexibility index (Phi) is 3.61. The number of carbonyl (C=O) groups excluding carboxylic acids is 1. The molecule has 0 unspecified atom stereocenters. The number of aromatic nitrogens is 1. The van der Waals surface area contributed by atoms with Crippen molar-refractivity contribution in [2.45, 2.75) is 6.61 Å². The largest absolute Gasteiger partial charge is 0.455 e. The lowest BCUT2D eigenvalue weighted by molar-refractivity contribution is 0.0472. The van der Waals surface area contributed by atoms with Crippen LogP contribution in [0, 0.1) is 0 Å². The van der Waals surface area contributed by atoms with Gasteiger partial charge >= 0.3 is 5.97 Å². The second-order valence-corrected chi connectivity index (χ2v) is 4.63. The summed E-state index contributed by atoms with van der Waals surface area (Å²) in [5, 5.41) is 2.87. The molecule has 1 aromatic carbocycles. The summed E-state index contributed by atoms with van der Waals surface area (Å²) in [7, 11) is 0. The molecule has 2 rings (SSSR count). The lowest BCUT2D eigenvalue weighted by Gasteiger charge is -2.05. The number of halogens is 1. The van der Waals surface area contributed by atoms with Crippen LogP contribution in [-0.2, 0) is 11.3 Å². The van der Waals surface area contributed by atoms with Gasteiger partial charge in [0.2, 0.25) is 0 Å². The van der Waals surface area contributed by atoms with Crippen molar-refractivity contribution in [2.75, 3.05) is 5.73 Å². The van der Waals surface area contributed by atoms with Crippen LogP contribution in [0.4, 0.5) is 5.69 Å². The number of nitrogens with two attached hydrogens (primary N) is 1. The first kappa shape index (κ1) is 11.9. The van der Waals surface area contributed by atoms with E-state index in [4.69, 9.17) is 22.1 Å². The molecule has 0 aliphatic carbocycles. The van der Waals surface area contributed by atoms with Gasteiger partial charge in [0.1, 0.15) is 11.6 Å². The summed E-state index contributed by atoms with van der Waals surface area (Å²) in [6, 6.07) is 4.68. The number of hydrogen-bond acceptors (Lipinski definition) is 5. The number of nitrogen functional groups attached to an aromatic ring is 1. The molecule has 1 heterocycles. The molecule has 2 N–H and O–H groups in total. The van der Waals surface area contributed by atoms with E-state index in [2.05, 4.69) is 4.98 Å². The Morgan fingerprint density at radius 2 is 2.35 bits per heavy atom. The quantitative estimate of drug-likeness (QED) is 0.687. The summed E-state index contributed by atoms with van der Waals surface area (Å²) in [5.41, 5.74) is 6.31. The standard InChI is InChI=1S/C11H9ClN2O2S/c12-9-2-1-7(13)5-8(9)11(15)16-6-10-14-3-4-17-10/h1-5H,6,13H2. The minimum atomic E-state index is -0.502. The van der Waals surface area contributed by atoms with Gasteiger partial charge in [-0.1, -0.05) is 11.6 Å². The molecule has 88 valence electrons. The van der Waals surface area contributed by atoms with E-state index < -0.39 is 5.97 Å². The zero-order valence-corrected chi connectivity index (χ0v) is 10.3. The molecule has 0 aliphatic rings. The number of benzene rings is 1. The first-order chi connectivity index (χ1) is 8.16. The molecule has 0 saturated heterocycles. The highest BCUT2D eigenvalue weighted by Gasteiger charge is 2.12. The van der Waals surface area contributed by atoms with Gasteiger partial charge in [0.15, 0.2) is 0 Å². The van der Waals surface area contributed by atoms with Gasteiger partial charge in [0.25, 0.3) is 0 Å². The Morgan fingerprint density at radius 1 is 1.53 bits per heavy atom. The molecule has 0 saturated carbocycles. The summed E-state index contributed by atoms with van der Waals surface area (Å²) in [6.45, 7) is 0.141. The van der Waals surface area contributed by atoms with Crippen LogP contribution < -0.4 is 5.73 Å². The molecule has 0 radical (unpaired) electrons. The minimum absolute atomic E-state index is 0.141. The van der Waals surface area contributed by atoms with Gasteiger partial charge in [-0.15, -0.1) is 11.3 Å². The molecule has 4 nitrogen and oxygen atoms in total. The summed E-state index contributed by atoms with van der Waals surface area (Å²) >= 11 is 7.30. The number of ether oxygens (including phenoxy) is 1. The maximum Gasteiger partial charge on any atom is 0.340 e. The number of carbonyl (C=O) groups is 1. The van der Waals surface area contributed by atoms with Crippen molar-refractivity contribution in [1.29, 1.82) is 0 Å². The van der Waals surface area contributed by atoms with Crippen LogP contribution in [0.5, 0.6) is 0 Å². The number of anilines is 1. The molecule has 0 spiro atoms. The molecule has 0 amide bonds.